The van der Waals surface area contributed by atoms with Crippen LogP contribution in [0.4, 0.5) is 4.39 Å². The molecule has 3 rings (SSSR count). The molecule has 18 heavy (non-hydrogen) atoms. The Morgan fingerprint density at radius 2 is 1.94 bits per heavy atom. The minimum atomic E-state index is -0.101. The maximum absolute atomic E-state index is 13.2. The van der Waals surface area contributed by atoms with E-state index in [1.54, 1.807) is 12.1 Å². The van der Waals surface area contributed by atoms with Crippen molar-refractivity contribution in [3.8, 4) is 0 Å². The highest BCUT2D eigenvalue weighted by Gasteiger charge is 2.32. The highest BCUT2D eigenvalue weighted by atomic mass is 19.1. The third-order valence-electron chi connectivity index (χ3n) is 4.18. The predicted molar refractivity (Wildman–Crippen MR) is 71.1 cm³/mol. The summed E-state index contributed by atoms with van der Waals surface area (Å²) >= 11 is 0. The summed E-state index contributed by atoms with van der Waals surface area (Å²) in [5.74, 6) is -0.101. The summed E-state index contributed by atoms with van der Waals surface area (Å²) in [7, 11) is 0. The average molecular weight is 248 g/mol. The van der Waals surface area contributed by atoms with Crippen LogP contribution in [0.25, 0.3) is 0 Å². The average Bonchev–Trinajstić information content (AvgIpc) is 2.70. The van der Waals surface area contributed by atoms with Crippen LogP contribution in [0, 0.1) is 5.82 Å². The summed E-state index contributed by atoms with van der Waals surface area (Å²) in [5, 5.41) is 3.56. The van der Waals surface area contributed by atoms with Gasteiger partial charge in [0.1, 0.15) is 5.82 Å². The fourth-order valence-electron chi connectivity index (χ4n) is 3.57. The highest BCUT2D eigenvalue weighted by Crippen LogP contribution is 2.36. The molecular weight excluding hydrogens is 227 g/mol. The molecule has 3 unspecified atom stereocenters. The van der Waals surface area contributed by atoms with Crippen molar-refractivity contribution in [1.29, 1.82) is 0 Å². The lowest BCUT2D eigenvalue weighted by Crippen LogP contribution is -2.54. The zero-order valence-electron chi connectivity index (χ0n) is 11.1. The monoisotopic (exact) mass is 248 g/mol. The van der Waals surface area contributed by atoms with E-state index in [-0.39, 0.29) is 5.82 Å². The minimum Gasteiger partial charge on any atom is -0.309 e. The second-order valence-corrected chi connectivity index (χ2v) is 5.82. The number of hydrogen-bond donors (Lipinski definition) is 1. The van der Waals surface area contributed by atoms with E-state index in [2.05, 4.69) is 24.1 Å². The smallest absolute Gasteiger partial charge is 0.123 e. The van der Waals surface area contributed by atoms with Crippen LogP contribution in [-0.4, -0.2) is 30.1 Å². The Morgan fingerprint density at radius 3 is 2.67 bits per heavy atom. The van der Waals surface area contributed by atoms with Gasteiger partial charge in [0, 0.05) is 31.2 Å². The standard InChI is InChI=1S/C15H21FN2/c1-10-8-18(9-11(2)17-10)15-6-3-12-7-13(16)4-5-14(12)15/h4-5,7,10-11,15,17H,3,6,8-9H2,1-2H3. The van der Waals surface area contributed by atoms with E-state index in [1.165, 1.54) is 11.1 Å². The number of halogens is 1. The molecule has 3 atom stereocenters. The first kappa shape index (κ1) is 12.1. The lowest BCUT2D eigenvalue weighted by molar-refractivity contribution is 0.122. The van der Waals surface area contributed by atoms with Crippen LogP contribution in [0.5, 0.6) is 0 Å². The predicted octanol–water partition coefficient (Wildman–Crippen LogP) is 2.50. The minimum absolute atomic E-state index is 0.101. The van der Waals surface area contributed by atoms with Crippen molar-refractivity contribution >= 4 is 0 Å². The van der Waals surface area contributed by atoms with E-state index in [1.807, 2.05) is 6.07 Å². The van der Waals surface area contributed by atoms with Gasteiger partial charge in [-0.1, -0.05) is 6.07 Å². The van der Waals surface area contributed by atoms with Gasteiger partial charge >= 0.3 is 0 Å². The molecule has 98 valence electrons. The van der Waals surface area contributed by atoms with Crippen LogP contribution in [0.3, 0.4) is 0 Å². The van der Waals surface area contributed by atoms with E-state index in [0.717, 1.165) is 25.9 Å². The Labute approximate surface area is 108 Å². The number of aryl methyl sites for hydroxylation is 1. The summed E-state index contributed by atoms with van der Waals surface area (Å²) in [4.78, 5) is 2.57. The molecule has 0 bridgehead atoms. The zero-order chi connectivity index (χ0) is 12.7. The van der Waals surface area contributed by atoms with E-state index < -0.39 is 0 Å². The van der Waals surface area contributed by atoms with Crippen molar-refractivity contribution in [2.75, 3.05) is 13.1 Å². The quantitative estimate of drug-likeness (QED) is 0.821. The van der Waals surface area contributed by atoms with E-state index in [0.29, 0.717) is 18.1 Å². The molecule has 1 aromatic rings. The maximum atomic E-state index is 13.2. The van der Waals surface area contributed by atoms with Crippen molar-refractivity contribution in [1.82, 2.24) is 10.2 Å². The molecule has 1 N–H and O–H groups in total. The van der Waals surface area contributed by atoms with Gasteiger partial charge in [0.2, 0.25) is 0 Å². The zero-order valence-corrected chi connectivity index (χ0v) is 11.1. The summed E-state index contributed by atoms with van der Waals surface area (Å²) in [6.07, 6.45) is 2.16. The van der Waals surface area contributed by atoms with E-state index in [9.17, 15) is 4.39 Å². The molecule has 0 amide bonds. The molecule has 2 aliphatic rings. The van der Waals surface area contributed by atoms with Crippen LogP contribution >= 0.6 is 0 Å². The second-order valence-electron chi connectivity index (χ2n) is 5.82. The fraction of sp³-hybridized carbons (Fsp3) is 0.600. The number of rotatable bonds is 1. The van der Waals surface area contributed by atoms with Crippen molar-refractivity contribution in [3.05, 3.63) is 35.1 Å². The largest absolute Gasteiger partial charge is 0.309 e. The molecule has 2 nitrogen and oxygen atoms in total. The summed E-state index contributed by atoms with van der Waals surface area (Å²) in [5.41, 5.74) is 2.55. The van der Waals surface area contributed by atoms with E-state index >= 15 is 0 Å². The molecule has 1 fully saturated rings. The van der Waals surface area contributed by atoms with Crippen molar-refractivity contribution < 1.29 is 4.39 Å². The van der Waals surface area contributed by atoms with Crippen LogP contribution < -0.4 is 5.32 Å². The molecule has 0 radical (unpaired) electrons. The molecule has 1 aliphatic heterocycles. The summed E-state index contributed by atoms with van der Waals surface area (Å²) in [6.45, 7) is 6.66. The Kier molecular flexibility index (Phi) is 3.12. The van der Waals surface area contributed by atoms with E-state index in [4.69, 9.17) is 0 Å². The molecule has 0 spiro atoms. The maximum Gasteiger partial charge on any atom is 0.123 e. The van der Waals surface area contributed by atoms with Crippen LogP contribution in [-0.2, 0) is 6.42 Å². The molecular formula is C15H21FN2. The SMILES string of the molecule is CC1CN(C2CCc3cc(F)ccc32)CC(C)N1. The lowest BCUT2D eigenvalue weighted by Gasteiger charge is -2.40. The molecule has 0 aromatic heterocycles. The first-order valence-corrected chi connectivity index (χ1v) is 6.92. The van der Waals surface area contributed by atoms with Gasteiger partial charge in [-0.05, 0) is 49.9 Å². The number of hydrogen-bond acceptors (Lipinski definition) is 2. The van der Waals surface area contributed by atoms with Gasteiger partial charge in [-0.2, -0.15) is 0 Å². The molecule has 1 aliphatic carbocycles. The summed E-state index contributed by atoms with van der Waals surface area (Å²) in [6, 6.07) is 6.88. The number of fused-ring (bicyclic) bond motifs is 1. The molecule has 1 aromatic carbocycles. The van der Waals surface area contributed by atoms with Gasteiger partial charge in [-0.15, -0.1) is 0 Å². The van der Waals surface area contributed by atoms with Crippen molar-refractivity contribution in [2.45, 2.75) is 44.8 Å². The van der Waals surface area contributed by atoms with Gasteiger partial charge in [0.25, 0.3) is 0 Å². The van der Waals surface area contributed by atoms with Gasteiger partial charge in [-0.25, -0.2) is 4.39 Å². The van der Waals surface area contributed by atoms with Gasteiger partial charge in [-0.3, -0.25) is 4.90 Å². The highest BCUT2D eigenvalue weighted by molar-refractivity contribution is 5.35. The van der Waals surface area contributed by atoms with Crippen molar-refractivity contribution in [2.24, 2.45) is 0 Å². The number of nitrogens with one attached hydrogen (secondary N) is 1. The number of nitrogens with zero attached hydrogens (tertiary/aromatic N) is 1. The molecule has 1 heterocycles. The Hall–Kier alpha value is -0.930. The third-order valence-corrected chi connectivity index (χ3v) is 4.18. The first-order chi connectivity index (χ1) is 8.63. The third kappa shape index (κ3) is 2.17. The Balaban J connectivity index is 1.83. The van der Waals surface area contributed by atoms with Crippen LogP contribution in [0.2, 0.25) is 0 Å². The first-order valence-electron chi connectivity index (χ1n) is 6.92. The Morgan fingerprint density at radius 1 is 1.22 bits per heavy atom. The normalized spacial score (nSPS) is 32.5. The second kappa shape index (κ2) is 4.63. The molecule has 0 saturated carbocycles. The number of piperazine rings is 1. The van der Waals surface area contributed by atoms with Crippen LogP contribution in [0.1, 0.15) is 37.4 Å². The molecule has 3 heteroatoms. The number of benzene rings is 1. The summed E-state index contributed by atoms with van der Waals surface area (Å²) < 4.78 is 13.2. The van der Waals surface area contributed by atoms with Gasteiger partial charge in [0.15, 0.2) is 0 Å². The Bertz CT molecular complexity index is 436. The van der Waals surface area contributed by atoms with Crippen LogP contribution in [0.15, 0.2) is 18.2 Å². The topological polar surface area (TPSA) is 15.3 Å². The fourth-order valence-corrected chi connectivity index (χ4v) is 3.57. The lowest BCUT2D eigenvalue weighted by atomic mass is 10.0. The van der Waals surface area contributed by atoms with Gasteiger partial charge < -0.3 is 5.32 Å². The molecule has 1 saturated heterocycles. The van der Waals surface area contributed by atoms with Crippen molar-refractivity contribution in [3.63, 3.8) is 0 Å². The van der Waals surface area contributed by atoms with Gasteiger partial charge in [0.05, 0.1) is 0 Å².